The van der Waals surface area contributed by atoms with Crippen LogP contribution in [0.2, 0.25) is 0 Å². The topological polar surface area (TPSA) is 101 Å². The number of ether oxygens (including phenoxy) is 3. The number of hydrogen-bond donors (Lipinski definition) is 2. The number of aliphatic hydroxyl groups is 1. The average Bonchev–Trinajstić information content (AvgIpc) is 2.85. The summed E-state index contributed by atoms with van der Waals surface area (Å²) < 4.78 is 17.3. The summed E-state index contributed by atoms with van der Waals surface area (Å²) in [5.74, 6) is -0.124. The zero-order chi connectivity index (χ0) is 23.8. The lowest BCUT2D eigenvalue weighted by Gasteiger charge is -2.44. The highest BCUT2D eigenvalue weighted by molar-refractivity contribution is 5.94. The number of morpholine rings is 1. The fraction of sp³-hybridized carbons (Fsp3) is 0.680. The fourth-order valence-electron chi connectivity index (χ4n) is 4.96. The smallest absolute Gasteiger partial charge is 0.254 e. The summed E-state index contributed by atoms with van der Waals surface area (Å²) in [5.41, 5.74) is 0.591. The van der Waals surface area contributed by atoms with E-state index in [1.165, 1.54) is 0 Å². The summed E-state index contributed by atoms with van der Waals surface area (Å²) in [6, 6.07) is 8.92. The maximum absolute atomic E-state index is 13.2. The number of benzene rings is 1. The molecule has 3 fully saturated rings. The molecule has 0 aliphatic carbocycles. The number of carbonyl (C=O) groups excluding carboxylic acids is 2. The summed E-state index contributed by atoms with van der Waals surface area (Å²) >= 11 is 0. The van der Waals surface area contributed by atoms with Gasteiger partial charge in [0.15, 0.2) is 0 Å². The number of carbonyl (C=O) groups is 2. The second-order valence-corrected chi connectivity index (χ2v) is 9.32. The van der Waals surface area contributed by atoms with Crippen LogP contribution in [0.4, 0.5) is 0 Å². The minimum atomic E-state index is -0.741. The SMILES string of the molecule is O=C(C[C@H]1CC[C@H]2[C@@H](COC[C@H](O)CN2C(=O)c2ccccc2)O1)NCCCN1CCOCC1. The molecule has 4 atom stereocenters. The van der Waals surface area contributed by atoms with Crippen LogP contribution >= 0.6 is 0 Å². The Morgan fingerprint density at radius 2 is 1.85 bits per heavy atom. The molecule has 4 rings (SSSR count). The predicted molar refractivity (Wildman–Crippen MR) is 125 cm³/mol. The molecule has 0 unspecified atom stereocenters. The van der Waals surface area contributed by atoms with Crippen LogP contribution in [0, 0.1) is 0 Å². The van der Waals surface area contributed by atoms with Crippen LogP contribution in [0.1, 0.15) is 36.0 Å². The third kappa shape index (κ3) is 6.99. The number of fused-ring (bicyclic) bond motifs is 1. The summed E-state index contributed by atoms with van der Waals surface area (Å²) in [6.45, 7) is 5.72. The highest BCUT2D eigenvalue weighted by Crippen LogP contribution is 2.28. The largest absolute Gasteiger partial charge is 0.389 e. The van der Waals surface area contributed by atoms with Gasteiger partial charge in [-0.15, -0.1) is 0 Å². The lowest BCUT2D eigenvalue weighted by atomic mass is 9.94. The Bertz CT molecular complexity index is 788. The van der Waals surface area contributed by atoms with E-state index in [4.69, 9.17) is 14.2 Å². The highest BCUT2D eigenvalue weighted by Gasteiger charge is 2.40. The van der Waals surface area contributed by atoms with Gasteiger partial charge in [-0.1, -0.05) is 18.2 Å². The first-order valence-electron chi connectivity index (χ1n) is 12.4. The number of nitrogens with one attached hydrogen (secondary N) is 1. The minimum absolute atomic E-state index is 0.00942. The van der Waals surface area contributed by atoms with Crippen molar-refractivity contribution in [3.63, 3.8) is 0 Å². The van der Waals surface area contributed by atoms with Crippen molar-refractivity contribution >= 4 is 11.8 Å². The van der Waals surface area contributed by atoms with Crippen molar-refractivity contribution < 1.29 is 28.9 Å². The van der Waals surface area contributed by atoms with Gasteiger partial charge in [-0.3, -0.25) is 14.5 Å². The van der Waals surface area contributed by atoms with E-state index in [0.717, 1.165) is 39.3 Å². The van der Waals surface area contributed by atoms with Gasteiger partial charge in [-0.2, -0.15) is 0 Å². The molecule has 0 radical (unpaired) electrons. The molecule has 2 amide bonds. The number of β-amino-alcohol motifs (C(OH)–C–C–N with tert-alkyl or cyclic N) is 1. The summed E-state index contributed by atoms with van der Waals surface area (Å²) in [4.78, 5) is 29.8. The molecular weight excluding hydrogens is 438 g/mol. The van der Waals surface area contributed by atoms with Crippen LogP contribution in [-0.2, 0) is 19.0 Å². The van der Waals surface area contributed by atoms with E-state index in [2.05, 4.69) is 10.2 Å². The molecule has 1 aromatic rings. The van der Waals surface area contributed by atoms with Gasteiger partial charge in [-0.25, -0.2) is 0 Å². The van der Waals surface area contributed by atoms with Gasteiger partial charge in [0.25, 0.3) is 5.91 Å². The molecule has 0 aromatic heterocycles. The monoisotopic (exact) mass is 475 g/mol. The maximum Gasteiger partial charge on any atom is 0.254 e. The molecule has 2 N–H and O–H groups in total. The van der Waals surface area contributed by atoms with Crippen LogP contribution in [0.25, 0.3) is 0 Å². The molecule has 3 aliphatic heterocycles. The predicted octanol–water partition coefficient (Wildman–Crippen LogP) is 0.665. The Hall–Kier alpha value is -2.04. The first-order chi connectivity index (χ1) is 16.6. The summed E-state index contributed by atoms with van der Waals surface area (Å²) in [7, 11) is 0. The zero-order valence-electron chi connectivity index (χ0n) is 19.8. The molecular formula is C25H37N3O6. The molecule has 0 bridgehead atoms. The van der Waals surface area contributed by atoms with E-state index in [0.29, 0.717) is 31.4 Å². The van der Waals surface area contributed by atoms with Crippen molar-refractivity contribution in [3.05, 3.63) is 35.9 Å². The molecule has 34 heavy (non-hydrogen) atoms. The third-order valence-electron chi connectivity index (χ3n) is 6.75. The van der Waals surface area contributed by atoms with Crippen molar-refractivity contribution in [2.24, 2.45) is 0 Å². The van der Waals surface area contributed by atoms with Gasteiger partial charge in [0, 0.05) is 31.7 Å². The number of rotatable bonds is 7. The Morgan fingerprint density at radius 1 is 1.06 bits per heavy atom. The normalized spacial score (nSPS) is 28.4. The maximum atomic E-state index is 13.2. The number of nitrogens with zero attached hydrogens (tertiary/aromatic N) is 2. The molecule has 3 heterocycles. The van der Waals surface area contributed by atoms with Crippen LogP contribution in [0.5, 0.6) is 0 Å². The van der Waals surface area contributed by atoms with E-state index in [1.54, 1.807) is 17.0 Å². The standard InChI is InChI=1S/C25H37N3O6/c29-20-16-28(25(31)19-5-2-1-3-6-19)22-8-7-21(34-23(22)18-33-17-20)15-24(30)26-9-4-10-27-11-13-32-14-12-27/h1-3,5-6,20-23,29H,4,7-18H2,(H,26,30)/t20-,21-,22+,23-/m1/s1. The van der Waals surface area contributed by atoms with Crippen LogP contribution in [-0.4, -0.2) is 110 Å². The van der Waals surface area contributed by atoms with Crippen LogP contribution in [0.15, 0.2) is 30.3 Å². The second kappa shape index (κ2) is 12.6. The lowest BCUT2D eigenvalue weighted by Crippen LogP contribution is -2.57. The minimum Gasteiger partial charge on any atom is -0.389 e. The summed E-state index contributed by atoms with van der Waals surface area (Å²) in [6.07, 6.45) is 1.32. The van der Waals surface area contributed by atoms with Gasteiger partial charge < -0.3 is 29.5 Å². The van der Waals surface area contributed by atoms with E-state index < -0.39 is 6.10 Å². The fourth-order valence-corrected chi connectivity index (χ4v) is 4.96. The van der Waals surface area contributed by atoms with Crippen molar-refractivity contribution in [1.29, 1.82) is 0 Å². The summed E-state index contributed by atoms with van der Waals surface area (Å²) in [5, 5.41) is 13.3. The first-order valence-corrected chi connectivity index (χ1v) is 12.4. The number of aliphatic hydroxyl groups excluding tert-OH is 1. The Kier molecular flexibility index (Phi) is 9.29. The number of hydrogen-bond acceptors (Lipinski definition) is 7. The Labute approximate surface area is 201 Å². The number of amides is 2. The molecule has 3 aliphatic rings. The van der Waals surface area contributed by atoms with Gasteiger partial charge >= 0.3 is 0 Å². The lowest BCUT2D eigenvalue weighted by molar-refractivity contribution is -0.150. The van der Waals surface area contributed by atoms with Crippen LogP contribution < -0.4 is 5.32 Å². The zero-order valence-corrected chi connectivity index (χ0v) is 19.8. The first kappa shape index (κ1) is 25.1. The van der Waals surface area contributed by atoms with Crippen molar-refractivity contribution in [2.45, 2.75) is 50.0 Å². The molecule has 9 nitrogen and oxygen atoms in total. The van der Waals surface area contributed by atoms with Crippen LogP contribution in [0.3, 0.4) is 0 Å². The van der Waals surface area contributed by atoms with Gasteiger partial charge in [0.1, 0.15) is 6.10 Å². The Morgan fingerprint density at radius 3 is 2.65 bits per heavy atom. The van der Waals surface area contributed by atoms with Crippen molar-refractivity contribution in [3.8, 4) is 0 Å². The molecule has 9 heteroatoms. The Balaban J connectivity index is 1.27. The van der Waals surface area contributed by atoms with Gasteiger partial charge in [-0.05, 0) is 37.9 Å². The van der Waals surface area contributed by atoms with Crippen molar-refractivity contribution in [2.75, 3.05) is 59.2 Å². The highest BCUT2D eigenvalue weighted by atomic mass is 16.5. The average molecular weight is 476 g/mol. The quantitative estimate of drug-likeness (QED) is 0.559. The van der Waals surface area contributed by atoms with E-state index in [-0.39, 0.29) is 49.8 Å². The molecule has 188 valence electrons. The third-order valence-corrected chi connectivity index (χ3v) is 6.75. The van der Waals surface area contributed by atoms with Crippen molar-refractivity contribution in [1.82, 2.24) is 15.1 Å². The van der Waals surface area contributed by atoms with E-state index in [1.807, 2.05) is 18.2 Å². The van der Waals surface area contributed by atoms with E-state index >= 15 is 0 Å². The molecule has 3 saturated heterocycles. The van der Waals surface area contributed by atoms with Gasteiger partial charge in [0.05, 0.1) is 51.1 Å². The van der Waals surface area contributed by atoms with Gasteiger partial charge in [0.2, 0.25) is 5.91 Å². The molecule has 1 aromatic carbocycles. The molecule has 0 saturated carbocycles. The second-order valence-electron chi connectivity index (χ2n) is 9.32. The van der Waals surface area contributed by atoms with E-state index in [9.17, 15) is 14.7 Å². The molecule has 0 spiro atoms.